The smallest absolute Gasteiger partial charge is 0.315 e. The van der Waals surface area contributed by atoms with E-state index >= 15 is 0 Å². The van der Waals surface area contributed by atoms with E-state index in [1.54, 1.807) is 6.92 Å². The van der Waals surface area contributed by atoms with Crippen molar-refractivity contribution in [3.8, 4) is 0 Å². The van der Waals surface area contributed by atoms with E-state index in [0.29, 0.717) is 0 Å². The number of aliphatic carboxylic acids is 1. The average Bonchev–Trinajstić information content (AvgIpc) is 1.98. The molecule has 13 heavy (non-hydrogen) atoms. The van der Waals surface area contributed by atoms with Crippen LogP contribution in [0, 0.1) is 5.92 Å². The van der Waals surface area contributed by atoms with Crippen molar-refractivity contribution >= 4 is 11.9 Å². The fourth-order valence-corrected chi connectivity index (χ4v) is 0.722. The first-order valence-electron chi connectivity index (χ1n) is 3.71. The van der Waals surface area contributed by atoms with Crippen LogP contribution in [0.25, 0.3) is 0 Å². The van der Waals surface area contributed by atoms with Crippen LogP contribution in [0.5, 0.6) is 0 Å². The SMILES string of the molecule is CC(CNC(=O)C(F)F)CC(=O)O. The maximum absolute atomic E-state index is 11.6. The summed E-state index contributed by atoms with van der Waals surface area (Å²) in [6.45, 7) is 1.51. The van der Waals surface area contributed by atoms with Crippen LogP contribution in [0.15, 0.2) is 0 Å². The number of carbonyl (C=O) groups excluding carboxylic acids is 1. The fourth-order valence-electron chi connectivity index (χ4n) is 0.722. The summed E-state index contributed by atoms with van der Waals surface area (Å²) in [5.41, 5.74) is 0. The van der Waals surface area contributed by atoms with Crippen LogP contribution >= 0.6 is 0 Å². The predicted molar refractivity (Wildman–Crippen MR) is 40.4 cm³/mol. The molecule has 1 atom stereocenters. The Hall–Kier alpha value is -1.20. The summed E-state index contributed by atoms with van der Waals surface area (Å²) in [4.78, 5) is 20.5. The van der Waals surface area contributed by atoms with E-state index in [-0.39, 0.29) is 18.9 Å². The normalized spacial score (nSPS) is 12.6. The molecule has 0 aliphatic rings. The summed E-state index contributed by atoms with van der Waals surface area (Å²) in [6.07, 6.45) is -3.19. The second-order valence-corrected chi connectivity index (χ2v) is 2.75. The number of nitrogens with one attached hydrogen (secondary N) is 1. The lowest BCUT2D eigenvalue weighted by Crippen LogP contribution is -2.33. The predicted octanol–water partition coefficient (Wildman–Crippen LogP) is 0.479. The molecule has 0 bridgehead atoms. The van der Waals surface area contributed by atoms with Crippen molar-refractivity contribution in [3.63, 3.8) is 0 Å². The van der Waals surface area contributed by atoms with E-state index in [1.807, 2.05) is 5.32 Å². The number of carbonyl (C=O) groups is 2. The number of alkyl halides is 2. The van der Waals surface area contributed by atoms with Crippen LogP contribution in [0.1, 0.15) is 13.3 Å². The molecule has 0 aliphatic carbocycles. The Kier molecular flexibility index (Phi) is 4.94. The first-order valence-corrected chi connectivity index (χ1v) is 3.71. The highest BCUT2D eigenvalue weighted by Gasteiger charge is 2.16. The molecule has 1 amide bonds. The van der Waals surface area contributed by atoms with E-state index in [1.165, 1.54) is 0 Å². The second kappa shape index (κ2) is 5.45. The second-order valence-electron chi connectivity index (χ2n) is 2.75. The van der Waals surface area contributed by atoms with Gasteiger partial charge >= 0.3 is 12.4 Å². The highest BCUT2D eigenvalue weighted by molar-refractivity contribution is 5.79. The van der Waals surface area contributed by atoms with E-state index in [0.717, 1.165) is 0 Å². The van der Waals surface area contributed by atoms with Gasteiger partial charge in [-0.1, -0.05) is 6.92 Å². The lowest BCUT2D eigenvalue weighted by atomic mass is 10.1. The van der Waals surface area contributed by atoms with Gasteiger partial charge in [0.05, 0.1) is 0 Å². The standard InChI is InChI=1S/C7H11F2NO3/c1-4(2-5(11)12)3-10-7(13)6(8)9/h4,6H,2-3H2,1H3,(H,10,13)(H,11,12). The van der Waals surface area contributed by atoms with Crippen LogP contribution in [0.2, 0.25) is 0 Å². The zero-order chi connectivity index (χ0) is 10.4. The lowest BCUT2D eigenvalue weighted by molar-refractivity contribution is -0.138. The Morgan fingerprint density at radius 3 is 2.38 bits per heavy atom. The molecule has 1 unspecified atom stereocenters. The van der Waals surface area contributed by atoms with Gasteiger partial charge in [-0.05, 0) is 5.92 Å². The van der Waals surface area contributed by atoms with Gasteiger partial charge in [-0.15, -0.1) is 0 Å². The summed E-state index contributed by atoms with van der Waals surface area (Å²) in [7, 11) is 0. The zero-order valence-electron chi connectivity index (χ0n) is 7.09. The number of amides is 1. The molecule has 0 radical (unpaired) electrons. The largest absolute Gasteiger partial charge is 0.481 e. The van der Waals surface area contributed by atoms with Crippen LogP contribution in [0.4, 0.5) is 8.78 Å². The van der Waals surface area contributed by atoms with E-state index < -0.39 is 18.3 Å². The van der Waals surface area contributed by atoms with Crippen molar-refractivity contribution in [1.29, 1.82) is 0 Å². The highest BCUT2D eigenvalue weighted by Crippen LogP contribution is 2.00. The maximum Gasteiger partial charge on any atom is 0.315 e. The summed E-state index contributed by atoms with van der Waals surface area (Å²) in [5, 5.41) is 10.2. The number of halogens is 2. The number of rotatable bonds is 5. The monoisotopic (exact) mass is 195 g/mol. The van der Waals surface area contributed by atoms with E-state index in [9.17, 15) is 18.4 Å². The molecule has 4 nitrogen and oxygen atoms in total. The number of carboxylic acids is 1. The molecule has 0 heterocycles. The van der Waals surface area contributed by atoms with E-state index in [4.69, 9.17) is 5.11 Å². The van der Waals surface area contributed by atoms with Crippen molar-refractivity contribution in [2.75, 3.05) is 6.54 Å². The van der Waals surface area contributed by atoms with E-state index in [2.05, 4.69) is 0 Å². The summed E-state index contributed by atoms with van der Waals surface area (Å²) in [6, 6.07) is 0. The Bertz CT molecular complexity index is 196. The molecule has 76 valence electrons. The van der Waals surface area contributed by atoms with Gasteiger partial charge in [0.25, 0.3) is 5.91 Å². The molecule has 0 spiro atoms. The van der Waals surface area contributed by atoms with Gasteiger partial charge in [0.1, 0.15) is 0 Å². The van der Waals surface area contributed by atoms with Gasteiger partial charge < -0.3 is 10.4 Å². The molecule has 0 rings (SSSR count). The minimum atomic E-state index is -3.04. The van der Waals surface area contributed by atoms with Crippen molar-refractivity contribution in [3.05, 3.63) is 0 Å². The van der Waals surface area contributed by atoms with Gasteiger partial charge in [0.2, 0.25) is 0 Å². The number of carboxylic acid groups (broad SMARTS) is 1. The van der Waals surface area contributed by atoms with Crippen LogP contribution in [-0.4, -0.2) is 30.0 Å². The molecule has 0 aromatic heterocycles. The van der Waals surface area contributed by atoms with Crippen molar-refractivity contribution in [2.24, 2.45) is 5.92 Å². The highest BCUT2D eigenvalue weighted by atomic mass is 19.3. The summed E-state index contributed by atoms with van der Waals surface area (Å²) >= 11 is 0. The fraction of sp³-hybridized carbons (Fsp3) is 0.714. The Labute approximate surface area is 73.9 Å². The number of hydrogen-bond acceptors (Lipinski definition) is 2. The molecule has 2 N–H and O–H groups in total. The van der Waals surface area contributed by atoms with Crippen molar-refractivity contribution in [1.82, 2.24) is 5.32 Å². The third-order valence-corrected chi connectivity index (χ3v) is 1.35. The third kappa shape index (κ3) is 6.01. The van der Waals surface area contributed by atoms with Crippen LogP contribution in [-0.2, 0) is 9.59 Å². The Balaban J connectivity index is 3.63. The zero-order valence-corrected chi connectivity index (χ0v) is 7.09. The van der Waals surface area contributed by atoms with Gasteiger partial charge in [0, 0.05) is 13.0 Å². The summed E-state index contributed by atoms with van der Waals surface area (Å²) in [5.74, 6) is -2.73. The molecule has 0 aliphatic heterocycles. The molecule has 6 heteroatoms. The molecule has 0 aromatic carbocycles. The average molecular weight is 195 g/mol. The third-order valence-electron chi connectivity index (χ3n) is 1.35. The number of hydrogen-bond donors (Lipinski definition) is 2. The quantitative estimate of drug-likeness (QED) is 0.670. The van der Waals surface area contributed by atoms with Crippen molar-refractivity contribution in [2.45, 2.75) is 19.8 Å². The molecule has 0 aromatic rings. The van der Waals surface area contributed by atoms with Gasteiger partial charge in [-0.3, -0.25) is 9.59 Å². The van der Waals surface area contributed by atoms with Crippen LogP contribution in [0.3, 0.4) is 0 Å². The first kappa shape index (κ1) is 11.8. The molecule has 0 saturated carbocycles. The topological polar surface area (TPSA) is 66.4 Å². The summed E-state index contributed by atoms with van der Waals surface area (Å²) < 4.78 is 23.2. The molecule has 0 fully saturated rings. The van der Waals surface area contributed by atoms with Gasteiger partial charge in [-0.25, -0.2) is 0 Å². The molecule has 0 saturated heterocycles. The lowest BCUT2D eigenvalue weighted by Gasteiger charge is -2.09. The van der Waals surface area contributed by atoms with Crippen molar-refractivity contribution < 1.29 is 23.5 Å². The maximum atomic E-state index is 11.6. The minimum absolute atomic E-state index is 0.0462. The van der Waals surface area contributed by atoms with Gasteiger partial charge in [-0.2, -0.15) is 8.78 Å². The first-order chi connectivity index (χ1) is 5.93. The molecular weight excluding hydrogens is 184 g/mol. The van der Waals surface area contributed by atoms with Crippen LogP contribution < -0.4 is 5.32 Å². The molecular formula is C7H11F2NO3. The van der Waals surface area contributed by atoms with Gasteiger partial charge in [0.15, 0.2) is 0 Å². The minimum Gasteiger partial charge on any atom is -0.481 e. The Morgan fingerprint density at radius 2 is 2.00 bits per heavy atom. The Morgan fingerprint density at radius 1 is 1.46 bits per heavy atom.